The van der Waals surface area contributed by atoms with Gasteiger partial charge in [-0.05, 0) is 20.8 Å². The second kappa shape index (κ2) is 4.72. The smallest absolute Gasteiger partial charge is 0.233 e. The van der Waals surface area contributed by atoms with Gasteiger partial charge in [-0.2, -0.15) is 0 Å². The Morgan fingerprint density at radius 1 is 1.60 bits per heavy atom. The molecule has 60 valence electrons. The molecule has 0 aliphatic rings. The van der Waals surface area contributed by atoms with Gasteiger partial charge in [0.15, 0.2) is 0 Å². The summed E-state index contributed by atoms with van der Waals surface area (Å²) in [4.78, 5) is 12.9. The standard InChI is InChI=1S/C7H14BrNO/c1-4-9(6(2)3)7(10)5-8/h6H,4-5H2,1-3H3. The van der Waals surface area contributed by atoms with Crippen LogP contribution in [-0.2, 0) is 4.79 Å². The molecule has 2 nitrogen and oxygen atoms in total. The molecule has 0 aliphatic carbocycles. The number of halogens is 1. The zero-order valence-corrected chi connectivity index (χ0v) is 8.31. The largest absolute Gasteiger partial charge is 0.340 e. The SMILES string of the molecule is CCN(C(=O)CBr)C(C)C. The third-order valence-corrected chi connectivity index (χ3v) is 1.88. The zero-order chi connectivity index (χ0) is 8.15. The van der Waals surface area contributed by atoms with Crippen LogP contribution in [0.15, 0.2) is 0 Å². The van der Waals surface area contributed by atoms with E-state index < -0.39 is 0 Å². The maximum atomic E-state index is 11.1. The van der Waals surface area contributed by atoms with Crippen molar-refractivity contribution < 1.29 is 4.79 Å². The van der Waals surface area contributed by atoms with E-state index in [2.05, 4.69) is 15.9 Å². The minimum Gasteiger partial charge on any atom is -0.340 e. The molecule has 0 radical (unpaired) electrons. The van der Waals surface area contributed by atoms with Gasteiger partial charge in [-0.1, -0.05) is 15.9 Å². The summed E-state index contributed by atoms with van der Waals surface area (Å²) < 4.78 is 0. The minimum absolute atomic E-state index is 0.164. The Kier molecular flexibility index (Phi) is 4.69. The first-order chi connectivity index (χ1) is 4.63. The first-order valence-electron chi connectivity index (χ1n) is 3.48. The normalized spacial score (nSPS) is 10.1. The summed E-state index contributed by atoms with van der Waals surface area (Å²) in [5.74, 6) is 0.164. The number of nitrogens with zero attached hydrogens (tertiary/aromatic N) is 1. The average molecular weight is 208 g/mol. The maximum absolute atomic E-state index is 11.1. The highest BCUT2D eigenvalue weighted by Gasteiger charge is 2.11. The van der Waals surface area contributed by atoms with Crippen molar-refractivity contribution in [3.05, 3.63) is 0 Å². The highest BCUT2D eigenvalue weighted by molar-refractivity contribution is 9.09. The molecule has 0 aliphatic heterocycles. The van der Waals surface area contributed by atoms with Crippen LogP contribution < -0.4 is 0 Å². The Hall–Kier alpha value is -0.0500. The van der Waals surface area contributed by atoms with Crippen LogP contribution in [0.3, 0.4) is 0 Å². The topological polar surface area (TPSA) is 20.3 Å². The Bertz CT molecular complexity index is 114. The zero-order valence-electron chi connectivity index (χ0n) is 6.72. The lowest BCUT2D eigenvalue weighted by molar-refractivity contribution is -0.129. The fraction of sp³-hybridized carbons (Fsp3) is 0.857. The third kappa shape index (κ3) is 2.69. The van der Waals surface area contributed by atoms with Crippen molar-refractivity contribution in [3.8, 4) is 0 Å². The van der Waals surface area contributed by atoms with E-state index in [1.165, 1.54) is 0 Å². The molecule has 0 spiro atoms. The molecule has 0 N–H and O–H groups in total. The van der Waals surface area contributed by atoms with E-state index in [1.807, 2.05) is 25.7 Å². The highest BCUT2D eigenvalue weighted by atomic mass is 79.9. The molecular weight excluding hydrogens is 194 g/mol. The Morgan fingerprint density at radius 2 is 2.10 bits per heavy atom. The summed E-state index contributed by atoms with van der Waals surface area (Å²) >= 11 is 3.13. The van der Waals surface area contributed by atoms with E-state index in [9.17, 15) is 4.79 Å². The molecule has 0 aromatic rings. The average Bonchev–Trinajstić information content (AvgIpc) is 1.88. The number of alkyl halides is 1. The summed E-state index contributed by atoms with van der Waals surface area (Å²) in [5, 5.41) is 0.430. The fourth-order valence-electron chi connectivity index (χ4n) is 0.906. The Morgan fingerprint density at radius 3 is 2.20 bits per heavy atom. The quantitative estimate of drug-likeness (QED) is 0.645. The molecular formula is C7H14BrNO. The van der Waals surface area contributed by atoms with Gasteiger partial charge in [-0.15, -0.1) is 0 Å². The molecule has 1 amide bonds. The van der Waals surface area contributed by atoms with Crippen molar-refractivity contribution in [1.82, 2.24) is 4.90 Å². The van der Waals surface area contributed by atoms with Crippen LogP contribution in [0.4, 0.5) is 0 Å². The van der Waals surface area contributed by atoms with Crippen LogP contribution >= 0.6 is 15.9 Å². The van der Waals surface area contributed by atoms with Gasteiger partial charge in [-0.3, -0.25) is 4.79 Å². The summed E-state index contributed by atoms with van der Waals surface area (Å²) in [6.07, 6.45) is 0. The fourth-order valence-corrected chi connectivity index (χ4v) is 1.23. The molecule has 0 saturated heterocycles. The van der Waals surface area contributed by atoms with Gasteiger partial charge in [0.2, 0.25) is 5.91 Å². The van der Waals surface area contributed by atoms with Crippen molar-refractivity contribution >= 4 is 21.8 Å². The van der Waals surface area contributed by atoms with Crippen LogP contribution in [0.2, 0.25) is 0 Å². The minimum atomic E-state index is 0.164. The van der Waals surface area contributed by atoms with Crippen LogP contribution in [0.1, 0.15) is 20.8 Å². The highest BCUT2D eigenvalue weighted by Crippen LogP contribution is 1.99. The number of hydrogen-bond donors (Lipinski definition) is 0. The van der Waals surface area contributed by atoms with Gasteiger partial charge < -0.3 is 4.90 Å². The van der Waals surface area contributed by atoms with Crippen molar-refractivity contribution in [2.24, 2.45) is 0 Å². The second-order valence-corrected chi connectivity index (χ2v) is 2.97. The first-order valence-corrected chi connectivity index (χ1v) is 4.61. The number of amides is 1. The van der Waals surface area contributed by atoms with Crippen molar-refractivity contribution in [2.75, 3.05) is 11.9 Å². The monoisotopic (exact) mass is 207 g/mol. The van der Waals surface area contributed by atoms with E-state index >= 15 is 0 Å². The predicted octanol–water partition coefficient (Wildman–Crippen LogP) is 1.64. The number of carbonyl (C=O) groups excluding carboxylic acids is 1. The van der Waals surface area contributed by atoms with E-state index in [1.54, 1.807) is 0 Å². The summed E-state index contributed by atoms with van der Waals surface area (Å²) in [6.45, 7) is 6.82. The molecule has 0 saturated carbocycles. The summed E-state index contributed by atoms with van der Waals surface area (Å²) in [7, 11) is 0. The van der Waals surface area contributed by atoms with Crippen LogP contribution in [0.5, 0.6) is 0 Å². The van der Waals surface area contributed by atoms with Crippen molar-refractivity contribution in [3.63, 3.8) is 0 Å². The van der Waals surface area contributed by atoms with Crippen LogP contribution in [0, 0.1) is 0 Å². The first kappa shape index (κ1) is 9.95. The molecule has 0 heterocycles. The second-order valence-electron chi connectivity index (χ2n) is 2.41. The van der Waals surface area contributed by atoms with Crippen LogP contribution in [-0.4, -0.2) is 28.7 Å². The Labute approximate surface area is 70.7 Å². The molecule has 0 unspecified atom stereocenters. The lowest BCUT2D eigenvalue weighted by Gasteiger charge is -2.23. The molecule has 10 heavy (non-hydrogen) atoms. The summed E-state index contributed by atoms with van der Waals surface area (Å²) in [5.41, 5.74) is 0. The molecule has 0 bridgehead atoms. The molecule has 0 aromatic heterocycles. The van der Waals surface area contributed by atoms with E-state index in [4.69, 9.17) is 0 Å². The van der Waals surface area contributed by atoms with Gasteiger partial charge in [0.05, 0.1) is 5.33 Å². The van der Waals surface area contributed by atoms with Crippen molar-refractivity contribution in [1.29, 1.82) is 0 Å². The maximum Gasteiger partial charge on any atom is 0.233 e. The molecule has 0 rings (SSSR count). The van der Waals surface area contributed by atoms with Gasteiger partial charge in [0.1, 0.15) is 0 Å². The number of hydrogen-bond acceptors (Lipinski definition) is 1. The molecule has 0 atom stereocenters. The van der Waals surface area contributed by atoms with Gasteiger partial charge in [-0.25, -0.2) is 0 Å². The van der Waals surface area contributed by atoms with Gasteiger partial charge >= 0.3 is 0 Å². The van der Waals surface area contributed by atoms with Gasteiger partial charge in [0.25, 0.3) is 0 Å². The molecule has 3 heteroatoms. The molecule has 0 aromatic carbocycles. The third-order valence-electron chi connectivity index (χ3n) is 1.40. The number of rotatable bonds is 3. The van der Waals surface area contributed by atoms with Crippen molar-refractivity contribution in [2.45, 2.75) is 26.8 Å². The summed E-state index contributed by atoms with van der Waals surface area (Å²) in [6, 6.07) is 0.315. The molecule has 0 fully saturated rings. The lowest BCUT2D eigenvalue weighted by atomic mass is 10.3. The van der Waals surface area contributed by atoms with E-state index in [0.29, 0.717) is 11.4 Å². The van der Waals surface area contributed by atoms with Gasteiger partial charge in [0, 0.05) is 12.6 Å². The predicted molar refractivity (Wildman–Crippen MR) is 46.3 cm³/mol. The van der Waals surface area contributed by atoms with E-state index in [-0.39, 0.29) is 5.91 Å². The number of carbonyl (C=O) groups is 1. The van der Waals surface area contributed by atoms with Crippen LogP contribution in [0.25, 0.3) is 0 Å². The lowest BCUT2D eigenvalue weighted by Crippen LogP contribution is -2.37. The Balaban J connectivity index is 3.93. The van der Waals surface area contributed by atoms with E-state index in [0.717, 1.165) is 6.54 Å².